The van der Waals surface area contributed by atoms with Crippen LogP contribution < -0.4 is 0 Å². The van der Waals surface area contributed by atoms with Gasteiger partial charge in [0.15, 0.2) is 0 Å². The first-order chi connectivity index (χ1) is 7.24. The van der Waals surface area contributed by atoms with Crippen LogP contribution in [0, 0.1) is 11.8 Å². The third kappa shape index (κ3) is 8.72. The van der Waals surface area contributed by atoms with E-state index in [1.54, 1.807) is 0 Å². The molecule has 0 heteroatoms. The molecular weight excluding hydrogens is 180 g/mol. The largest absolute Gasteiger partial charge is 0.0914 e. The molecule has 0 nitrogen and oxygen atoms in total. The molecule has 0 spiro atoms. The molecule has 0 amide bonds. The van der Waals surface area contributed by atoms with Crippen molar-refractivity contribution in [1.29, 1.82) is 0 Å². The fourth-order valence-corrected chi connectivity index (χ4v) is 2.16. The number of hydrogen-bond acceptors (Lipinski definition) is 0. The third-order valence-electron chi connectivity index (χ3n) is 3.34. The highest BCUT2D eigenvalue weighted by atomic mass is 14.1. The molecule has 0 rings (SSSR count). The Morgan fingerprint density at radius 1 is 1.00 bits per heavy atom. The number of unbranched alkanes of at least 4 members (excludes halogenated alkanes) is 2. The van der Waals surface area contributed by atoms with E-state index in [1.165, 1.54) is 44.9 Å². The predicted molar refractivity (Wildman–Crippen MR) is 71.1 cm³/mol. The molecule has 0 aromatic carbocycles. The van der Waals surface area contributed by atoms with E-state index in [9.17, 15) is 0 Å². The standard InChI is InChI=1S/C15H30/c1-5-8-9-11-15(7-3)13-12-14(4)10-6-2/h6,10,14-15H,5,7-9,11-13H2,1-4H3. The molecule has 0 aromatic rings. The van der Waals surface area contributed by atoms with E-state index >= 15 is 0 Å². The van der Waals surface area contributed by atoms with Crippen LogP contribution in [0.15, 0.2) is 12.2 Å². The van der Waals surface area contributed by atoms with E-state index in [1.807, 2.05) is 0 Å². The van der Waals surface area contributed by atoms with Crippen molar-refractivity contribution in [2.75, 3.05) is 0 Å². The Labute approximate surface area is 97.2 Å². The molecule has 0 aliphatic carbocycles. The summed E-state index contributed by atoms with van der Waals surface area (Å²) in [4.78, 5) is 0. The minimum absolute atomic E-state index is 0.773. The Bertz CT molecular complexity index is 146. The molecule has 90 valence electrons. The van der Waals surface area contributed by atoms with Gasteiger partial charge >= 0.3 is 0 Å². The van der Waals surface area contributed by atoms with E-state index in [4.69, 9.17) is 0 Å². The lowest BCUT2D eigenvalue weighted by Gasteiger charge is -2.16. The third-order valence-corrected chi connectivity index (χ3v) is 3.34. The number of allylic oxidation sites excluding steroid dienone is 2. The summed E-state index contributed by atoms with van der Waals surface area (Å²) >= 11 is 0. The van der Waals surface area contributed by atoms with Crippen molar-refractivity contribution in [2.45, 2.75) is 72.6 Å². The number of hydrogen-bond donors (Lipinski definition) is 0. The SMILES string of the molecule is CC=CC(C)CCC(CC)CCCCC. The second-order valence-corrected chi connectivity index (χ2v) is 4.85. The van der Waals surface area contributed by atoms with Crippen molar-refractivity contribution >= 4 is 0 Å². The molecule has 0 fully saturated rings. The van der Waals surface area contributed by atoms with Crippen LogP contribution in [0.3, 0.4) is 0 Å². The van der Waals surface area contributed by atoms with Crippen LogP contribution in [0.25, 0.3) is 0 Å². The first-order valence-electron chi connectivity index (χ1n) is 6.87. The second-order valence-electron chi connectivity index (χ2n) is 4.85. The molecule has 0 heterocycles. The van der Waals surface area contributed by atoms with Crippen LogP contribution in [-0.2, 0) is 0 Å². The van der Waals surface area contributed by atoms with Gasteiger partial charge in [-0.25, -0.2) is 0 Å². The van der Waals surface area contributed by atoms with Crippen LogP contribution in [0.2, 0.25) is 0 Å². The minimum atomic E-state index is 0.773. The summed E-state index contributed by atoms with van der Waals surface area (Å²) in [5, 5.41) is 0. The summed E-state index contributed by atoms with van der Waals surface area (Å²) in [6.07, 6.45) is 14.3. The average molecular weight is 210 g/mol. The molecule has 0 saturated carbocycles. The molecule has 2 atom stereocenters. The van der Waals surface area contributed by atoms with E-state index in [2.05, 4.69) is 39.8 Å². The maximum absolute atomic E-state index is 2.34. The molecule has 0 bridgehead atoms. The Balaban J connectivity index is 3.60. The molecule has 0 saturated heterocycles. The van der Waals surface area contributed by atoms with Gasteiger partial charge in [0.1, 0.15) is 0 Å². The zero-order valence-electron chi connectivity index (χ0n) is 11.3. The van der Waals surface area contributed by atoms with Crippen LogP contribution in [-0.4, -0.2) is 0 Å². The van der Waals surface area contributed by atoms with Gasteiger partial charge in [-0.15, -0.1) is 0 Å². The van der Waals surface area contributed by atoms with Crippen molar-refractivity contribution in [2.24, 2.45) is 11.8 Å². The smallest absolute Gasteiger partial charge is 0.0262 e. The summed E-state index contributed by atoms with van der Waals surface area (Å²) in [5.74, 6) is 1.75. The van der Waals surface area contributed by atoms with Gasteiger partial charge < -0.3 is 0 Å². The minimum Gasteiger partial charge on any atom is -0.0914 e. The van der Waals surface area contributed by atoms with Crippen LogP contribution in [0.5, 0.6) is 0 Å². The summed E-state index contributed by atoms with van der Waals surface area (Å²) in [6, 6.07) is 0. The molecule has 0 aromatic heterocycles. The Hall–Kier alpha value is -0.260. The lowest BCUT2D eigenvalue weighted by molar-refractivity contribution is 0.387. The van der Waals surface area contributed by atoms with E-state index in [0.717, 1.165) is 11.8 Å². The van der Waals surface area contributed by atoms with Gasteiger partial charge in [0.2, 0.25) is 0 Å². The van der Waals surface area contributed by atoms with Gasteiger partial charge in [0, 0.05) is 0 Å². The first kappa shape index (κ1) is 14.7. The van der Waals surface area contributed by atoms with Crippen LogP contribution in [0.1, 0.15) is 72.6 Å². The van der Waals surface area contributed by atoms with Crippen LogP contribution >= 0.6 is 0 Å². The topological polar surface area (TPSA) is 0 Å². The van der Waals surface area contributed by atoms with Gasteiger partial charge in [-0.2, -0.15) is 0 Å². The highest BCUT2D eigenvalue weighted by Gasteiger charge is 2.07. The van der Waals surface area contributed by atoms with Gasteiger partial charge in [0.05, 0.1) is 0 Å². The van der Waals surface area contributed by atoms with Crippen molar-refractivity contribution < 1.29 is 0 Å². The van der Waals surface area contributed by atoms with Crippen molar-refractivity contribution in [3.63, 3.8) is 0 Å². The fraction of sp³-hybridized carbons (Fsp3) is 0.867. The first-order valence-corrected chi connectivity index (χ1v) is 6.87. The van der Waals surface area contributed by atoms with Crippen LogP contribution in [0.4, 0.5) is 0 Å². The molecule has 0 aliphatic heterocycles. The van der Waals surface area contributed by atoms with E-state index in [-0.39, 0.29) is 0 Å². The summed E-state index contributed by atoms with van der Waals surface area (Å²) < 4.78 is 0. The monoisotopic (exact) mass is 210 g/mol. The molecule has 0 radical (unpaired) electrons. The van der Waals surface area contributed by atoms with Crippen molar-refractivity contribution in [3.8, 4) is 0 Å². The lowest BCUT2D eigenvalue weighted by Crippen LogP contribution is -2.01. The Morgan fingerprint density at radius 2 is 1.73 bits per heavy atom. The molecular formula is C15H30. The molecule has 2 unspecified atom stereocenters. The second kappa shape index (κ2) is 10.3. The number of rotatable bonds is 9. The molecule has 0 aliphatic rings. The Morgan fingerprint density at radius 3 is 2.27 bits per heavy atom. The zero-order chi connectivity index (χ0) is 11.5. The zero-order valence-corrected chi connectivity index (χ0v) is 11.3. The fourth-order valence-electron chi connectivity index (χ4n) is 2.16. The predicted octanol–water partition coefficient (Wildman–Crippen LogP) is 5.59. The summed E-state index contributed by atoms with van der Waals surface area (Å²) in [7, 11) is 0. The summed E-state index contributed by atoms with van der Waals surface area (Å²) in [6.45, 7) is 9.08. The molecule has 0 N–H and O–H groups in total. The Kier molecular flexibility index (Phi) is 10.1. The lowest BCUT2D eigenvalue weighted by atomic mass is 9.90. The van der Waals surface area contributed by atoms with Gasteiger partial charge in [-0.05, 0) is 31.6 Å². The maximum atomic E-state index is 2.34. The quantitative estimate of drug-likeness (QED) is 0.344. The maximum Gasteiger partial charge on any atom is -0.0262 e. The molecule has 15 heavy (non-hydrogen) atoms. The van der Waals surface area contributed by atoms with Gasteiger partial charge in [-0.3, -0.25) is 0 Å². The van der Waals surface area contributed by atoms with Crippen molar-refractivity contribution in [1.82, 2.24) is 0 Å². The van der Waals surface area contributed by atoms with E-state index < -0.39 is 0 Å². The van der Waals surface area contributed by atoms with Gasteiger partial charge in [0.25, 0.3) is 0 Å². The average Bonchev–Trinajstić information content (AvgIpc) is 2.23. The van der Waals surface area contributed by atoms with Gasteiger partial charge in [-0.1, -0.05) is 65.0 Å². The normalized spacial score (nSPS) is 15.7. The van der Waals surface area contributed by atoms with Crippen molar-refractivity contribution in [3.05, 3.63) is 12.2 Å². The highest BCUT2D eigenvalue weighted by molar-refractivity contribution is 4.83. The summed E-state index contributed by atoms with van der Waals surface area (Å²) in [5.41, 5.74) is 0. The highest BCUT2D eigenvalue weighted by Crippen LogP contribution is 2.21. The van der Waals surface area contributed by atoms with E-state index in [0.29, 0.717) is 0 Å².